The Balaban J connectivity index is 2.82. The molecule has 1 heteroatoms. The van der Waals surface area contributed by atoms with Crippen molar-refractivity contribution in [3.8, 4) is 0 Å². The molecular weight excluding hydrogens is 242 g/mol. The predicted molar refractivity (Wildman–Crippen MR) is 90.2 cm³/mol. The van der Waals surface area contributed by atoms with Crippen molar-refractivity contribution in [2.75, 3.05) is 6.54 Å². The molecule has 1 rings (SSSR count). The fraction of sp³-hybridized carbons (Fsp3) is 0.684. The molecule has 2 unspecified atom stereocenters. The van der Waals surface area contributed by atoms with Crippen LogP contribution in [0.1, 0.15) is 71.3 Å². The summed E-state index contributed by atoms with van der Waals surface area (Å²) >= 11 is 0. The monoisotopic (exact) mass is 275 g/mol. The second-order valence-electron chi connectivity index (χ2n) is 5.90. The van der Waals surface area contributed by atoms with Gasteiger partial charge in [0.05, 0.1) is 0 Å². The highest BCUT2D eigenvalue weighted by molar-refractivity contribution is 5.21. The average Bonchev–Trinajstić information content (AvgIpc) is 2.51. The van der Waals surface area contributed by atoms with E-state index in [9.17, 15) is 0 Å². The van der Waals surface area contributed by atoms with Crippen molar-refractivity contribution in [1.82, 2.24) is 5.32 Å². The summed E-state index contributed by atoms with van der Waals surface area (Å²) in [4.78, 5) is 0. The Morgan fingerprint density at radius 2 is 1.55 bits per heavy atom. The summed E-state index contributed by atoms with van der Waals surface area (Å²) < 4.78 is 0. The number of hydrogen-bond acceptors (Lipinski definition) is 1. The molecule has 0 saturated carbocycles. The number of hydrogen-bond donors (Lipinski definition) is 1. The standard InChI is InChI=1S/C19H33N/c1-5-14-20-19(15-16(6-2)7-3)18(8-4)17-12-10-9-11-13-17/h9-13,16,18-20H,5-8,14-15H2,1-4H3. The third-order valence-corrected chi connectivity index (χ3v) is 4.55. The molecule has 0 heterocycles. The first kappa shape index (κ1) is 17.2. The molecule has 114 valence electrons. The van der Waals surface area contributed by atoms with E-state index in [-0.39, 0.29) is 0 Å². The molecule has 1 nitrogen and oxygen atoms in total. The molecule has 0 bridgehead atoms. The van der Waals surface area contributed by atoms with Gasteiger partial charge in [-0.3, -0.25) is 0 Å². The minimum Gasteiger partial charge on any atom is -0.313 e. The van der Waals surface area contributed by atoms with Crippen LogP contribution in [0.5, 0.6) is 0 Å². The Morgan fingerprint density at radius 1 is 0.900 bits per heavy atom. The van der Waals surface area contributed by atoms with Crippen LogP contribution in [-0.4, -0.2) is 12.6 Å². The summed E-state index contributed by atoms with van der Waals surface area (Å²) in [6.45, 7) is 10.4. The van der Waals surface area contributed by atoms with Gasteiger partial charge < -0.3 is 5.32 Å². The molecule has 0 aliphatic rings. The maximum atomic E-state index is 3.82. The largest absolute Gasteiger partial charge is 0.313 e. The van der Waals surface area contributed by atoms with Gasteiger partial charge in [0, 0.05) is 6.04 Å². The lowest BCUT2D eigenvalue weighted by molar-refractivity contribution is 0.323. The molecule has 20 heavy (non-hydrogen) atoms. The summed E-state index contributed by atoms with van der Waals surface area (Å²) in [5.74, 6) is 1.49. The second kappa shape index (κ2) is 9.99. The number of rotatable bonds is 10. The molecule has 0 saturated heterocycles. The molecule has 0 aliphatic carbocycles. The van der Waals surface area contributed by atoms with Crippen LogP contribution in [0.3, 0.4) is 0 Å². The fourth-order valence-corrected chi connectivity index (χ4v) is 3.15. The smallest absolute Gasteiger partial charge is 0.0138 e. The van der Waals surface area contributed by atoms with Crippen LogP contribution < -0.4 is 5.32 Å². The normalized spacial score (nSPS) is 14.4. The summed E-state index contributed by atoms with van der Waals surface area (Å²) in [7, 11) is 0. The summed E-state index contributed by atoms with van der Waals surface area (Å²) in [5.41, 5.74) is 1.49. The van der Waals surface area contributed by atoms with Crippen molar-refractivity contribution in [3.05, 3.63) is 35.9 Å². The first-order valence-corrected chi connectivity index (χ1v) is 8.54. The van der Waals surface area contributed by atoms with Crippen LogP contribution in [0.2, 0.25) is 0 Å². The van der Waals surface area contributed by atoms with E-state index in [1.165, 1.54) is 37.7 Å². The van der Waals surface area contributed by atoms with Crippen LogP contribution in [0.25, 0.3) is 0 Å². The molecule has 1 N–H and O–H groups in total. The summed E-state index contributed by atoms with van der Waals surface area (Å²) in [6, 6.07) is 11.7. The Hall–Kier alpha value is -0.820. The van der Waals surface area contributed by atoms with E-state index in [2.05, 4.69) is 63.3 Å². The zero-order chi connectivity index (χ0) is 14.8. The van der Waals surface area contributed by atoms with E-state index in [1.807, 2.05) is 0 Å². The Kier molecular flexibility index (Phi) is 8.60. The molecule has 0 radical (unpaired) electrons. The van der Waals surface area contributed by atoms with Crippen molar-refractivity contribution >= 4 is 0 Å². The van der Waals surface area contributed by atoms with Gasteiger partial charge in [-0.25, -0.2) is 0 Å². The maximum absolute atomic E-state index is 3.82. The van der Waals surface area contributed by atoms with Gasteiger partial charge in [0.2, 0.25) is 0 Å². The minimum absolute atomic E-state index is 0.618. The molecule has 0 aliphatic heterocycles. The lowest BCUT2D eigenvalue weighted by atomic mass is 9.82. The molecule has 0 spiro atoms. The van der Waals surface area contributed by atoms with Gasteiger partial charge >= 0.3 is 0 Å². The second-order valence-corrected chi connectivity index (χ2v) is 5.90. The van der Waals surface area contributed by atoms with Gasteiger partial charge in [-0.2, -0.15) is 0 Å². The summed E-state index contributed by atoms with van der Waals surface area (Å²) in [5, 5.41) is 3.82. The molecule has 2 atom stereocenters. The minimum atomic E-state index is 0.618. The topological polar surface area (TPSA) is 12.0 Å². The van der Waals surface area contributed by atoms with E-state index in [0.717, 1.165) is 12.5 Å². The lowest BCUT2D eigenvalue weighted by Crippen LogP contribution is -2.37. The molecule has 1 aromatic carbocycles. The lowest BCUT2D eigenvalue weighted by Gasteiger charge is -2.30. The SMILES string of the molecule is CCCNC(CC(CC)CC)C(CC)c1ccccc1. The summed E-state index contributed by atoms with van der Waals surface area (Å²) in [6.07, 6.45) is 6.33. The van der Waals surface area contributed by atoms with Crippen molar-refractivity contribution in [3.63, 3.8) is 0 Å². The Morgan fingerprint density at radius 3 is 2.05 bits per heavy atom. The Bertz CT molecular complexity index is 329. The highest BCUT2D eigenvalue weighted by Gasteiger charge is 2.23. The molecule has 0 aromatic heterocycles. The van der Waals surface area contributed by atoms with E-state index < -0.39 is 0 Å². The zero-order valence-electron chi connectivity index (χ0n) is 13.9. The van der Waals surface area contributed by atoms with E-state index in [0.29, 0.717) is 12.0 Å². The van der Waals surface area contributed by atoms with Crippen molar-refractivity contribution in [2.24, 2.45) is 5.92 Å². The number of benzene rings is 1. The third-order valence-electron chi connectivity index (χ3n) is 4.55. The first-order chi connectivity index (χ1) is 9.76. The highest BCUT2D eigenvalue weighted by atomic mass is 14.9. The van der Waals surface area contributed by atoms with Crippen LogP contribution in [0.4, 0.5) is 0 Å². The van der Waals surface area contributed by atoms with E-state index in [4.69, 9.17) is 0 Å². The van der Waals surface area contributed by atoms with Gasteiger partial charge in [-0.05, 0) is 43.2 Å². The molecular formula is C19H33N. The van der Waals surface area contributed by atoms with Gasteiger partial charge in [-0.15, -0.1) is 0 Å². The Labute approximate surface area is 126 Å². The molecule has 0 fully saturated rings. The van der Waals surface area contributed by atoms with E-state index in [1.54, 1.807) is 0 Å². The van der Waals surface area contributed by atoms with Crippen molar-refractivity contribution < 1.29 is 0 Å². The van der Waals surface area contributed by atoms with Crippen LogP contribution >= 0.6 is 0 Å². The fourth-order valence-electron chi connectivity index (χ4n) is 3.15. The van der Waals surface area contributed by atoms with Crippen LogP contribution in [-0.2, 0) is 0 Å². The molecule has 1 aromatic rings. The van der Waals surface area contributed by atoms with Gasteiger partial charge in [0.25, 0.3) is 0 Å². The predicted octanol–water partition coefficient (Wildman–Crippen LogP) is 5.37. The van der Waals surface area contributed by atoms with Gasteiger partial charge in [0.15, 0.2) is 0 Å². The quantitative estimate of drug-likeness (QED) is 0.605. The van der Waals surface area contributed by atoms with E-state index >= 15 is 0 Å². The molecule has 0 amide bonds. The van der Waals surface area contributed by atoms with Crippen molar-refractivity contribution in [1.29, 1.82) is 0 Å². The van der Waals surface area contributed by atoms with Crippen LogP contribution in [0, 0.1) is 5.92 Å². The van der Waals surface area contributed by atoms with Crippen molar-refractivity contribution in [2.45, 2.75) is 71.8 Å². The average molecular weight is 275 g/mol. The number of nitrogens with one attached hydrogen (secondary N) is 1. The zero-order valence-corrected chi connectivity index (χ0v) is 13.9. The maximum Gasteiger partial charge on any atom is 0.0138 e. The van der Waals surface area contributed by atoms with Gasteiger partial charge in [-0.1, -0.05) is 70.9 Å². The van der Waals surface area contributed by atoms with Crippen LogP contribution in [0.15, 0.2) is 30.3 Å². The highest BCUT2D eigenvalue weighted by Crippen LogP contribution is 2.29. The van der Waals surface area contributed by atoms with Gasteiger partial charge in [0.1, 0.15) is 0 Å². The third kappa shape index (κ3) is 5.28. The first-order valence-electron chi connectivity index (χ1n) is 8.54.